The van der Waals surface area contributed by atoms with E-state index in [1.54, 1.807) is 12.2 Å². The second-order valence-electron chi connectivity index (χ2n) is 1.56. The summed E-state index contributed by atoms with van der Waals surface area (Å²) in [5.41, 5.74) is 9.59. The molecule has 0 fully saturated rings. The van der Waals surface area contributed by atoms with Gasteiger partial charge in [-0.2, -0.15) is 0 Å². The molecule has 0 rings (SSSR count). The van der Waals surface area contributed by atoms with Crippen molar-refractivity contribution in [1.29, 1.82) is 0 Å². The van der Waals surface area contributed by atoms with E-state index in [1.165, 1.54) is 0 Å². The van der Waals surface area contributed by atoms with Gasteiger partial charge < -0.3 is 16.8 Å². The molecule has 0 aliphatic carbocycles. The molecule has 0 aliphatic heterocycles. The number of hydrogen-bond acceptors (Lipinski definition) is 2. The summed E-state index contributed by atoms with van der Waals surface area (Å²) >= 11 is 0. The van der Waals surface area contributed by atoms with E-state index >= 15 is 0 Å². The summed E-state index contributed by atoms with van der Waals surface area (Å²) in [6.07, 6.45) is 3.21. The van der Waals surface area contributed by atoms with Gasteiger partial charge in [-0.3, -0.25) is 0 Å². The molecule has 0 heterocycles. The average molecular weight is 157 g/mol. The molecule has 0 bridgehead atoms. The van der Waals surface area contributed by atoms with Crippen LogP contribution in [0.2, 0.25) is 0 Å². The number of carbonyl (C=O) groups excluding carboxylic acids is 1. The lowest BCUT2D eigenvalue weighted by Crippen LogP contribution is -2.28. The van der Waals surface area contributed by atoms with Crippen LogP contribution in [0, 0.1) is 0 Å². The quantitative estimate of drug-likeness (QED) is 0.503. The average Bonchev–Trinajstić information content (AvgIpc) is 2.01. The molecule has 4 heteroatoms. The highest BCUT2D eigenvalue weighted by Crippen LogP contribution is 1.56. The Kier molecular flexibility index (Phi) is 13.0. The number of urea groups is 1. The Morgan fingerprint density at radius 2 is 1.91 bits per heavy atom. The second kappa shape index (κ2) is 11.5. The first-order valence-electron chi connectivity index (χ1n) is 3.14. The van der Waals surface area contributed by atoms with Crippen molar-refractivity contribution in [2.24, 2.45) is 11.5 Å². The van der Waals surface area contributed by atoms with Crippen LogP contribution in [-0.4, -0.2) is 19.1 Å². The number of rotatable bonds is 3. The van der Waals surface area contributed by atoms with Crippen molar-refractivity contribution in [3.8, 4) is 0 Å². The van der Waals surface area contributed by atoms with Crippen LogP contribution in [0.15, 0.2) is 25.3 Å². The molecule has 0 atom stereocenters. The molecule has 4 nitrogen and oxygen atoms in total. The summed E-state index contributed by atoms with van der Waals surface area (Å²) in [7, 11) is 0. The molecule has 11 heavy (non-hydrogen) atoms. The lowest BCUT2D eigenvalue weighted by atomic mass is 10.6. The number of nitrogens with one attached hydrogen (secondary N) is 1. The first-order chi connectivity index (χ1) is 5.18. The molecule has 0 spiro atoms. The van der Waals surface area contributed by atoms with Crippen molar-refractivity contribution in [2.75, 3.05) is 13.1 Å². The maximum atomic E-state index is 9.82. The molecule has 0 unspecified atom stereocenters. The van der Waals surface area contributed by atoms with E-state index in [4.69, 9.17) is 5.73 Å². The monoisotopic (exact) mass is 157 g/mol. The molecular weight excluding hydrogens is 142 g/mol. The summed E-state index contributed by atoms with van der Waals surface area (Å²) < 4.78 is 0. The van der Waals surface area contributed by atoms with Crippen molar-refractivity contribution in [2.45, 2.75) is 0 Å². The fourth-order valence-electron chi connectivity index (χ4n) is 0.173. The van der Waals surface area contributed by atoms with Gasteiger partial charge in [0.05, 0.1) is 0 Å². The van der Waals surface area contributed by atoms with Crippen LogP contribution in [0.1, 0.15) is 0 Å². The standard InChI is InChI=1S/C4H8N2O.C3H7N/c1-2-3-6-4(5)7;1-2-3-4/h2H,1,3H2,(H3,5,6,7);2H,1,3-4H2. The van der Waals surface area contributed by atoms with E-state index in [0.29, 0.717) is 13.1 Å². The fourth-order valence-corrected chi connectivity index (χ4v) is 0.173. The van der Waals surface area contributed by atoms with Crippen molar-refractivity contribution in [3.05, 3.63) is 25.3 Å². The molecule has 2 amide bonds. The number of carbonyl (C=O) groups is 1. The lowest BCUT2D eigenvalue weighted by Gasteiger charge is -1.90. The zero-order chi connectivity index (χ0) is 9.11. The Hall–Kier alpha value is -1.29. The minimum absolute atomic E-state index is 0.440. The van der Waals surface area contributed by atoms with Gasteiger partial charge >= 0.3 is 6.03 Å². The van der Waals surface area contributed by atoms with E-state index < -0.39 is 6.03 Å². The van der Waals surface area contributed by atoms with Crippen LogP contribution in [0.25, 0.3) is 0 Å². The van der Waals surface area contributed by atoms with Gasteiger partial charge in [0, 0.05) is 13.1 Å². The van der Waals surface area contributed by atoms with Crippen molar-refractivity contribution < 1.29 is 4.79 Å². The number of hydrogen-bond donors (Lipinski definition) is 3. The zero-order valence-corrected chi connectivity index (χ0v) is 6.55. The highest BCUT2D eigenvalue weighted by atomic mass is 16.2. The molecule has 0 aromatic heterocycles. The number of amides is 2. The molecule has 0 aromatic carbocycles. The second-order valence-corrected chi connectivity index (χ2v) is 1.56. The van der Waals surface area contributed by atoms with Gasteiger partial charge in [-0.05, 0) is 0 Å². The van der Waals surface area contributed by atoms with E-state index in [-0.39, 0.29) is 0 Å². The third kappa shape index (κ3) is 28.5. The van der Waals surface area contributed by atoms with Crippen LogP contribution < -0.4 is 16.8 Å². The fraction of sp³-hybridized carbons (Fsp3) is 0.286. The third-order valence-electron chi connectivity index (χ3n) is 0.587. The normalized spacial score (nSPS) is 7.00. The lowest BCUT2D eigenvalue weighted by molar-refractivity contribution is 0.250. The van der Waals surface area contributed by atoms with Crippen LogP contribution in [-0.2, 0) is 0 Å². The summed E-state index contributed by atoms with van der Waals surface area (Å²) in [5.74, 6) is 0. The predicted molar refractivity (Wildman–Crippen MR) is 47.0 cm³/mol. The van der Waals surface area contributed by atoms with Crippen LogP contribution in [0.3, 0.4) is 0 Å². The zero-order valence-electron chi connectivity index (χ0n) is 6.55. The van der Waals surface area contributed by atoms with Crippen LogP contribution in [0.5, 0.6) is 0 Å². The Morgan fingerprint density at radius 3 is 2.00 bits per heavy atom. The molecular formula is C7H15N3O. The van der Waals surface area contributed by atoms with Crippen molar-refractivity contribution in [3.63, 3.8) is 0 Å². The molecule has 0 aromatic rings. The summed E-state index contributed by atoms with van der Waals surface area (Å²) in [4.78, 5) is 9.82. The molecule has 0 saturated heterocycles. The Labute approximate surface area is 66.9 Å². The van der Waals surface area contributed by atoms with E-state index in [0.717, 1.165) is 0 Å². The van der Waals surface area contributed by atoms with Gasteiger partial charge in [-0.25, -0.2) is 4.79 Å². The number of primary amides is 1. The smallest absolute Gasteiger partial charge is 0.312 e. The SMILES string of the molecule is C=CCN.C=CCNC(N)=O. The maximum Gasteiger partial charge on any atom is 0.312 e. The van der Waals surface area contributed by atoms with Gasteiger partial charge in [0.15, 0.2) is 0 Å². The molecule has 64 valence electrons. The predicted octanol–water partition coefficient (Wildman–Crippen LogP) is -0.0282. The molecule has 5 N–H and O–H groups in total. The van der Waals surface area contributed by atoms with Crippen LogP contribution >= 0.6 is 0 Å². The van der Waals surface area contributed by atoms with E-state index in [2.05, 4.69) is 24.2 Å². The summed E-state index contributed by atoms with van der Waals surface area (Å²) in [6.45, 7) is 7.74. The maximum absolute atomic E-state index is 9.82. The Bertz CT molecular complexity index is 123. The van der Waals surface area contributed by atoms with Gasteiger partial charge in [-0.15, -0.1) is 13.2 Å². The Morgan fingerprint density at radius 1 is 1.45 bits per heavy atom. The third-order valence-corrected chi connectivity index (χ3v) is 0.587. The Balaban J connectivity index is 0. The first kappa shape index (κ1) is 12.4. The first-order valence-corrected chi connectivity index (χ1v) is 3.14. The topological polar surface area (TPSA) is 81.1 Å². The summed E-state index contributed by atoms with van der Waals surface area (Å²) in [5, 5.41) is 2.32. The van der Waals surface area contributed by atoms with Gasteiger partial charge in [0.2, 0.25) is 0 Å². The summed E-state index contributed by atoms with van der Waals surface area (Å²) in [6, 6.07) is -0.514. The minimum atomic E-state index is -0.514. The van der Waals surface area contributed by atoms with Crippen LogP contribution in [0.4, 0.5) is 4.79 Å². The van der Waals surface area contributed by atoms with Crippen molar-refractivity contribution in [1.82, 2.24) is 5.32 Å². The highest BCUT2D eigenvalue weighted by Gasteiger charge is 1.81. The van der Waals surface area contributed by atoms with E-state index in [1.807, 2.05) is 0 Å². The molecule has 0 aliphatic rings. The highest BCUT2D eigenvalue weighted by molar-refractivity contribution is 5.71. The largest absolute Gasteiger partial charge is 0.352 e. The van der Waals surface area contributed by atoms with Gasteiger partial charge in [0.25, 0.3) is 0 Å². The van der Waals surface area contributed by atoms with E-state index in [9.17, 15) is 4.79 Å². The van der Waals surface area contributed by atoms with Crippen molar-refractivity contribution >= 4 is 6.03 Å². The molecule has 0 radical (unpaired) electrons. The van der Waals surface area contributed by atoms with Gasteiger partial charge in [0.1, 0.15) is 0 Å². The minimum Gasteiger partial charge on any atom is -0.352 e. The van der Waals surface area contributed by atoms with Gasteiger partial charge in [-0.1, -0.05) is 12.2 Å². The number of nitrogens with two attached hydrogens (primary N) is 2. The molecule has 0 saturated carbocycles.